The van der Waals surface area contributed by atoms with E-state index in [9.17, 15) is 14.4 Å². The van der Waals surface area contributed by atoms with Crippen LogP contribution < -0.4 is 21.2 Å². The van der Waals surface area contributed by atoms with Crippen LogP contribution in [0, 0.1) is 6.92 Å². The van der Waals surface area contributed by atoms with Crippen LogP contribution in [0.1, 0.15) is 23.6 Å². The van der Waals surface area contributed by atoms with Gasteiger partial charge in [0.15, 0.2) is 5.65 Å². The second-order valence-corrected chi connectivity index (χ2v) is 7.97. The normalized spacial score (nSPS) is 10.9. The summed E-state index contributed by atoms with van der Waals surface area (Å²) >= 11 is 0. The topological polar surface area (TPSA) is 95.2 Å². The standard InChI is InChI=1S/C26H26N4O4/c1-3-34-21-12-10-19(11-13-21)15-28-23(31)17-29-22-5-4-14-27-24(22)30(26(33)25(29)32)16-20-8-6-18(2)7-9-20/h4-14H,3,15-17H2,1-2H3,(H,28,31). The first kappa shape index (κ1) is 23.0. The van der Waals surface area contributed by atoms with E-state index in [1.165, 1.54) is 9.13 Å². The summed E-state index contributed by atoms with van der Waals surface area (Å²) in [5.41, 5.74) is 2.18. The number of nitrogens with zero attached hydrogens (tertiary/aromatic N) is 3. The maximum Gasteiger partial charge on any atom is 0.318 e. The number of benzene rings is 2. The van der Waals surface area contributed by atoms with Gasteiger partial charge in [-0.1, -0.05) is 42.0 Å². The Morgan fingerprint density at radius 3 is 2.32 bits per heavy atom. The van der Waals surface area contributed by atoms with E-state index in [0.29, 0.717) is 24.3 Å². The zero-order valence-electron chi connectivity index (χ0n) is 19.2. The number of aromatic nitrogens is 3. The summed E-state index contributed by atoms with van der Waals surface area (Å²) in [6, 6.07) is 18.5. The van der Waals surface area contributed by atoms with Gasteiger partial charge in [0.2, 0.25) is 5.91 Å². The second kappa shape index (κ2) is 10.2. The average Bonchev–Trinajstić information content (AvgIpc) is 2.85. The number of carbonyl (C=O) groups is 1. The minimum Gasteiger partial charge on any atom is -0.494 e. The Labute approximate surface area is 196 Å². The summed E-state index contributed by atoms with van der Waals surface area (Å²) in [6.45, 7) is 4.70. The quantitative estimate of drug-likeness (QED) is 0.410. The van der Waals surface area contributed by atoms with Gasteiger partial charge in [0, 0.05) is 12.7 Å². The van der Waals surface area contributed by atoms with Crippen molar-refractivity contribution in [1.82, 2.24) is 19.4 Å². The van der Waals surface area contributed by atoms with Crippen LogP contribution in [0.2, 0.25) is 0 Å². The highest BCUT2D eigenvalue weighted by Gasteiger charge is 2.16. The number of fused-ring (bicyclic) bond motifs is 1. The highest BCUT2D eigenvalue weighted by atomic mass is 16.5. The number of aryl methyl sites for hydroxylation is 1. The molecule has 174 valence electrons. The Morgan fingerprint density at radius 1 is 0.941 bits per heavy atom. The molecule has 0 aliphatic heterocycles. The molecule has 2 heterocycles. The Kier molecular flexibility index (Phi) is 6.87. The molecule has 0 fully saturated rings. The van der Waals surface area contributed by atoms with Crippen molar-refractivity contribution in [3.8, 4) is 5.75 Å². The molecule has 0 saturated carbocycles. The van der Waals surface area contributed by atoms with Gasteiger partial charge in [-0.2, -0.15) is 0 Å². The van der Waals surface area contributed by atoms with E-state index in [4.69, 9.17) is 4.74 Å². The van der Waals surface area contributed by atoms with E-state index in [1.54, 1.807) is 18.3 Å². The molecule has 34 heavy (non-hydrogen) atoms. The van der Waals surface area contributed by atoms with Gasteiger partial charge in [-0.15, -0.1) is 0 Å². The zero-order chi connectivity index (χ0) is 24.1. The molecule has 0 saturated heterocycles. The largest absolute Gasteiger partial charge is 0.494 e. The van der Waals surface area contributed by atoms with Crippen LogP contribution in [0.3, 0.4) is 0 Å². The molecule has 4 aromatic rings. The van der Waals surface area contributed by atoms with Crippen LogP contribution in [0.4, 0.5) is 0 Å². The van der Waals surface area contributed by atoms with Crippen molar-refractivity contribution in [1.29, 1.82) is 0 Å². The van der Waals surface area contributed by atoms with Crippen molar-refractivity contribution in [3.05, 3.63) is 104 Å². The van der Waals surface area contributed by atoms with Crippen LogP contribution >= 0.6 is 0 Å². The molecule has 0 radical (unpaired) electrons. The summed E-state index contributed by atoms with van der Waals surface area (Å²) in [5, 5.41) is 2.80. The lowest BCUT2D eigenvalue weighted by atomic mass is 10.1. The SMILES string of the molecule is CCOc1ccc(CNC(=O)Cn2c(=O)c(=O)n(Cc3ccc(C)cc3)c3ncccc32)cc1. The molecule has 8 heteroatoms. The predicted molar refractivity (Wildman–Crippen MR) is 130 cm³/mol. The minimum absolute atomic E-state index is 0.215. The van der Waals surface area contributed by atoms with E-state index in [0.717, 1.165) is 22.4 Å². The van der Waals surface area contributed by atoms with Gasteiger partial charge in [0.05, 0.1) is 18.7 Å². The van der Waals surface area contributed by atoms with Gasteiger partial charge in [-0.05, 0) is 49.2 Å². The molecule has 2 aromatic carbocycles. The lowest BCUT2D eigenvalue weighted by Crippen LogP contribution is -2.44. The van der Waals surface area contributed by atoms with Crippen molar-refractivity contribution in [2.75, 3.05) is 6.61 Å². The maximum absolute atomic E-state index is 13.0. The van der Waals surface area contributed by atoms with Crippen LogP contribution in [-0.4, -0.2) is 26.6 Å². The molecule has 2 aromatic heterocycles. The van der Waals surface area contributed by atoms with Gasteiger partial charge in [0.25, 0.3) is 0 Å². The van der Waals surface area contributed by atoms with E-state index in [1.807, 2.05) is 62.4 Å². The lowest BCUT2D eigenvalue weighted by molar-refractivity contribution is -0.121. The molecular formula is C26H26N4O4. The average molecular weight is 459 g/mol. The molecule has 0 bridgehead atoms. The summed E-state index contributed by atoms with van der Waals surface area (Å²) in [6.07, 6.45) is 1.56. The molecule has 8 nitrogen and oxygen atoms in total. The van der Waals surface area contributed by atoms with E-state index in [-0.39, 0.29) is 19.0 Å². The van der Waals surface area contributed by atoms with Crippen molar-refractivity contribution in [3.63, 3.8) is 0 Å². The van der Waals surface area contributed by atoms with Crippen molar-refractivity contribution in [2.24, 2.45) is 0 Å². The van der Waals surface area contributed by atoms with Gasteiger partial charge >= 0.3 is 11.1 Å². The fourth-order valence-electron chi connectivity index (χ4n) is 3.69. The predicted octanol–water partition coefficient (Wildman–Crippen LogP) is 2.63. The molecule has 1 N–H and O–H groups in total. The van der Waals surface area contributed by atoms with Crippen LogP contribution in [0.25, 0.3) is 11.2 Å². The third-order valence-electron chi connectivity index (χ3n) is 5.47. The Balaban J connectivity index is 1.57. The smallest absolute Gasteiger partial charge is 0.318 e. The first-order chi connectivity index (χ1) is 16.5. The monoisotopic (exact) mass is 458 g/mol. The molecule has 0 unspecified atom stereocenters. The van der Waals surface area contributed by atoms with Crippen LogP contribution in [0.5, 0.6) is 5.75 Å². The Morgan fingerprint density at radius 2 is 1.62 bits per heavy atom. The molecule has 0 aliphatic rings. The van der Waals surface area contributed by atoms with Crippen molar-refractivity contribution >= 4 is 17.1 Å². The number of pyridine rings is 1. The summed E-state index contributed by atoms with van der Waals surface area (Å²) in [4.78, 5) is 42.9. The number of amides is 1. The van der Waals surface area contributed by atoms with Gasteiger partial charge < -0.3 is 10.1 Å². The molecule has 1 amide bonds. The third-order valence-corrected chi connectivity index (χ3v) is 5.47. The first-order valence-corrected chi connectivity index (χ1v) is 11.1. The molecule has 0 aliphatic carbocycles. The van der Waals surface area contributed by atoms with E-state index < -0.39 is 11.1 Å². The fraction of sp³-hybridized carbons (Fsp3) is 0.231. The summed E-state index contributed by atoms with van der Waals surface area (Å²) in [5.74, 6) is 0.381. The minimum atomic E-state index is -0.760. The van der Waals surface area contributed by atoms with Gasteiger partial charge in [-0.3, -0.25) is 23.5 Å². The van der Waals surface area contributed by atoms with Crippen molar-refractivity contribution < 1.29 is 9.53 Å². The van der Waals surface area contributed by atoms with Gasteiger partial charge in [-0.25, -0.2) is 4.98 Å². The molecular weight excluding hydrogens is 432 g/mol. The maximum atomic E-state index is 13.0. The van der Waals surface area contributed by atoms with Crippen LogP contribution in [-0.2, 0) is 24.4 Å². The lowest BCUT2D eigenvalue weighted by Gasteiger charge is -2.14. The number of rotatable bonds is 8. The summed E-state index contributed by atoms with van der Waals surface area (Å²) in [7, 11) is 0. The van der Waals surface area contributed by atoms with Crippen molar-refractivity contribution in [2.45, 2.75) is 33.5 Å². The highest BCUT2D eigenvalue weighted by molar-refractivity contribution is 5.78. The summed E-state index contributed by atoms with van der Waals surface area (Å²) < 4.78 is 7.96. The Hall–Kier alpha value is -4.20. The number of carbonyl (C=O) groups excluding carboxylic acids is 1. The zero-order valence-corrected chi connectivity index (χ0v) is 19.2. The number of nitrogens with one attached hydrogen (secondary N) is 1. The molecule has 0 atom stereocenters. The second-order valence-electron chi connectivity index (χ2n) is 7.97. The fourth-order valence-corrected chi connectivity index (χ4v) is 3.69. The van der Waals surface area contributed by atoms with Crippen LogP contribution in [0.15, 0.2) is 76.4 Å². The highest BCUT2D eigenvalue weighted by Crippen LogP contribution is 2.13. The number of hydrogen-bond acceptors (Lipinski definition) is 5. The Bertz CT molecular complexity index is 1420. The first-order valence-electron chi connectivity index (χ1n) is 11.1. The molecule has 4 rings (SSSR count). The van der Waals surface area contributed by atoms with E-state index >= 15 is 0 Å². The number of ether oxygens (including phenoxy) is 1. The van der Waals surface area contributed by atoms with E-state index in [2.05, 4.69) is 10.3 Å². The third kappa shape index (κ3) is 5.06. The number of hydrogen-bond donors (Lipinski definition) is 1. The van der Waals surface area contributed by atoms with Gasteiger partial charge in [0.1, 0.15) is 12.3 Å². The molecule has 0 spiro atoms.